The lowest BCUT2D eigenvalue weighted by atomic mass is 10.0. The van der Waals surface area contributed by atoms with Gasteiger partial charge in [0.25, 0.3) is 0 Å². The van der Waals surface area contributed by atoms with Crippen molar-refractivity contribution in [1.82, 2.24) is 5.01 Å². The molecule has 5 nitrogen and oxygen atoms in total. The van der Waals surface area contributed by atoms with Gasteiger partial charge in [0.05, 0.1) is 38.2 Å². The van der Waals surface area contributed by atoms with Crippen LogP contribution in [0.5, 0.6) is 0 Å². The van der Waals surface area contributed by atoms with Crippen LogP contribution in [0.3, 0.4) is 0 Å². The lowest BCUT2D eigenvalue weighted by molar-refractivity contribution is -0.000297. The zero-order valence-corrected chi connectivity index (χ0v) is 12.1. The van der Waals surface area contributed by atoms with Gasteiger partial charge in [-0.15, -0.1) is 0 Å². The van der Waals surface area contributed by atoms with E-state index in [-0.39, 0.29) is 12.6 Å². The van der Waals surface area contributed by atoms with E-state index in [9.17, 15) is 5.11 Å². The summed E-state index contributed by atoms with van der Waals surface area (Å²) in [6, 6.07) is 10.4. The van der Waals surface area contributed by atoms with Crippen LogP contribution in [0.4, 0.5) is 0 Å². The first-order chi connectivity index (χ1) is 10.3. The molecule has 1 aromatic rings. The van der Waals surface area contributed by atoms with Gasteiger partial charge in [-0.2, -0.15) is 5.10 Å². The highest BCUT2D eigenvalue weighted by atomic mass is 16.5. The minimum absolute atomic E-state index is 0.199. The van der Waals surface area contributed by atoms with E-state index in [1.165, 1.54) is 11.8 Å². The fourth-order valence-electron chi connectivity index (χ4n) is 2.29. The first kappa shape index (κ1) is 15.5. The lowest BCUT2D eigenvalue weighted by Crippen LogP contribution is -2.32. The third kappa shape index (κ3) is 4.88. The summed E-state index contributed by atoms with van der Waals surface area (Å²) in [6.07, 6.45) is 3.56. The van der Waals surface area contributed by atoms with Crippen LogP contribution in [0.15, 0.2) is 48.3 Å². The van der Waals surface area contributed by atoms with Crippen molar-refractivity contribution in [3.63, 3.8) is 0 Å². The van der Waals surface area contributed by atoms with Gasteiger partial charge < -0.3 is 14.6 Å². The summed E-state index contributed by atoms with van der Waals surface area (Å²) >= 11 is 0. The Morgan fingerprint density at radius 3 is 2.95 bits per heavy atom. The number of hydrogen-bond donors (Lipinski definition) is 1. The molecule has 5 heteroatoms. The standard InChI is InChI=1S/C16H22N2O3/c1-2-20-10-11-21-13-15(19)12-18-16(8-9-17-18)14-6-4-3-5-7-14/h2-7,9,15-16,19H,1,8,10-13H2. The zero-order chi connectivity index (χ0) is 14.9. The molecule has 0 aromatic heterocycles. The summed E-state index contributed by atoms with van der Waals surface area (Å²) in [5.74, 6) is 0. The minimum atomic E-state index is -0.574. The Hall–Kier alpha value is -1.85. The molecule has 0 aliphatic carbocycles. The van der Waals surface area contributed by atoms with Crippen molar-refractivity contribution in [2.75, 3.05) is 26.4 Å². The SMILES string of the molecule is C=COCCOCC(O)CN1N=CCC1c1ccccc1. The quantitative estimate of drug-likeness (QED) is 0.558. The van der Waals surface area contributed by atoms with Crippen LogP contribution in [-0.2, 0) is 9.47 Å². The van der Waals surface area contributed by atoms with Crippen LogP contribution in [0.2, 0.25) is 0 Å². The van der Waals surface area contributed by atoms with Crippen LogP contribution in [0, 0.1) is 0 Å². The number of benzene rings is 1. The fraction of sp³-hybridized carbons (Fsp3) is 0.438. The number of aliphatic hydroxyl groups is 1. The van der Waals surface area contributed by atoms with Crippen LogP contribution in [0.1, 0.15) is 18.0 Å². The first-order valence-electron chi connectivity index (χ1n) is 7.13. The summed E-state index contributed by atoms with van der Waals surface area (Å²) in [5.41, 5.74) is 1.21. The predicted octanol–water partition coefficient (Wildman–Crippen LogP) is 1.96. The van der Waals surface area contributed by atoms with Gasteiger partial charge in [-0.3, -0.25) is 5.01 Å². The molecule has 1 heterocycles. The van der Waals surface area contributed by atoms with Crippen molar-refractivity contribution < 1.29 is 14.6 Å². The molecular formula is C16H22N2O3. The van der Waals surface area contributed by atoms with Gasteiger partial charge in [-0.25, -0.2) is 0 Å². The summed E-state index contributed by atoms with van der Waals surface area (Å²) < 4.78 is 10.3. The molecule has 2 atom stereocenters. The number of hydrazone groups is 1. The van der Waals surface area contributed by atoms with E-state index >= 15 is 0 Å². The molecule has 2 unspecified atom stereocenters. The molecule has 21 heavy (non-hydrogen) atoms. The van der Waals surface area contributed by atoms with Gasteiger partial charge in [0.1, 0.15) is 6.61 Å². The molecule has 0 saturated heterocycles. The van der Waals surface area contributed by atoms with Gasteiger partial charge in [0.15, 0.2) is 0 Å². The molecule has 1 aromatic carbocycles. The van der Waals surface area contributed by atoms with E-state index in [4.69, 9.17) is 9.47 Å². The van der Waals surface area contributed by atoms with Gasteiger partial charge >= 0.3 is 0 Å². The molecular weight excluding hydrogens is 268 g/mol. The maximum Gasteiger partial charge on any atom is 0.111 e. The van der Waals surface area contributed by atoms with Crippen molar-refractivity contribution in [3.8, 4) is 0 Å². The van der Waals surface area contributed by atoms with Crippen LogP contribution in [0.25, 0.3) is 0 Å². The summed E-state index contributed by atoms with van der Waals surface area (Å²) in [5, 5.41) is 16.3. The predicted molar refractivity (Wildman–Crippen MR) is 82.0 cm³/mol. The molecule has 0 fully saturated rings. The van der Waals surface area contributed by atoms with Crippen LogP contribution < -0.4 is 0 Å². The Morgan fingerprint density at radius 2 is 2.19 bits per heavy atom. The minimum Gasteiger partial charge on any atom is -0.499 e. The highest BCUT2D eigenvalue weighted by Crippen LogP contribution is 2.27. The van der Waals surface area contributed by atoms with E-state index in [1.54, 1.807) is 0 Å². The van der Waals surface area contributed by atoms with Crippen LogP contribution in [-0.4, -0.2) is 48.8 Å². The average molecular weight is 290 g/mol. The number of rotatable bonds is 9. The van der Waals surface area contributed by atoms with Gasteiger partial charge in [0, 0.05) is 12.6 Å². The Labute approximate surface area is 125 Å². The molecule has 2 rings (SSSR count). The third-order valence-corrected chi connectivity index (χ3v) is 3.27. The molecule has 0 bridgehead atoms. The van der Waals surface area contributed by atoms with Gasteiger partial charge in [0.2, 0.25) is 0 Å². The Kier molecular flexibility index (Phi) is 6.24. The normalized spacial score (nSPS) is 18.7. The fourth-order valence-corrected chi connectivity index (χ4v) is 2.29. The van der Waals surface area contributed by atoms with E-state index in [0.717, 1.165) is 6.42 Å². The van der Waals surface area contributed by atoms with Crippen molar-refractivity contribution in [3.05, 3.63) is 48.7 Å². The highest BCUT2D eigenvalue weighted by molar-refractivity contribution is 5.60. The second kappa shape index (κ2) is 8.44. The molecule has 0 saturated carbocycles. The van der Waals surface area contributed by atoms with Crippen molar-refractivity contribution >= 4 is 6.21 Å². The van der Waals surface area contributed by atoms with E-state index in [0.29, 0.717) is 19.8 Å². The molecule has 1 N–H and O–H groups in total. The third-order valence-electron chi connectivity index (χ3n) is 3.27. The second-order valence-electron chi connectivity index (χ2n) is 4.85. The Morgan fingerprint density at radius 1 is 1.38 bits per heavy atom. The molecule has 0 spiro atoms. The Balaban J connectivity index is 1.76. The van der Waals surface area contributed by atoms with Crippen molar-refractivity contribution in [2.45, 2.75) is 18.6 Å². The van der Waals surface area contributed by atoms with Crippen molar-refractivity contribution in [1.29, 1.82) is 0 Å². The lowest BCUT2D eigenvalue weighted by Gasteiger charge is -2.26. The van der Waals surface area contributed by atoms with Crippen molar-refractivity contribution in [2.24, 2.45) is 5.10 Å². The monoisotopic (exact) mass is 290 g/mol. The van der Waals surface area contributed by atoms with E-state index < -0.39 is 6.10 Å². The number of β-amino-alcohol motifs (C(OH)–C–C–N with tert-alkyl or cyclic N) is 1. The average Bonchev–Trinajstić information content (AvgIpc) is 2.96. The summed E-state index contributed by atoms with van der Waals surface area (Å²) in [4.78, 5) is 0. The van der Waals surface area contributed by atoms with Gasteiger partial charge in [-0.05, 0) is 5.56 Å². The maximum atomic E-state index is 10.0. The topological polar surface area (TPSA) is 54.3 Å². The first-order valence-corrected chi connectivity index (χ1v) is 7.13. The van der Waals surface area contributed by atoms with Crippen LogP contribution >= 0.6 is 0 Å². The number of nitrogens with zero attached hydrogens (tertiary/aromatic N) is 2. The second-order valence-corrected chi connectivity index (χ2v) is 4.85. The molecule has 1 aliphatic heterocycles. The number of hydrogen-bond acceptors (Lipinski definition) is 5. The summed E-state index contributed by atoms with van der Waals surface area (Å²) in [6.45, 7) is 5.07. The van der Waals surface area contributed by atoms with E-state index in [1.807, 2.05) is 29.4 Å². The molecule has 0 amide bonds. The zero-order valence-electron chi connectivity index (χ0n) is 12.1. The Bertz CT molecular complexity index is 450. The molecule has 0 radical (unpaired) electrons. The smallest absolute Gasteiger partial charge is 0.111 e. The number of aliphatic hydroxyl groups excluding tert-OH is 1. The largest absolute Gasteiger partial charge is 0.499 e. The molecule has 1 aliphatic rings. The van der Waals surface area contributed by atoms with E-state index in [2.05, 4.69) is 23.8 Å². The summed E-state index contributed by atoms with van der Waals surface area (Å²) in [7, 11) is 0. The number of ether oxygens (including phenoxy) is 2. The molecule has 114 valence electrons. The highest BCUT2D eigenvalue weighted by Gasteiger charge is 2.24. The maximum absolute atomic E-state index is 10.0. The van der Waals surface area contributed by atoms with Gasteiger partial charge in [-0.1, -0.05) is 36.9 Å².